The maximum atomic E-state index is 12.1. The summed E-state index contributed by atoms with van der Waals surface area (Å²) in [4.78, 5) is 34.3. The average molecular weight is 393 g/mol. The maximum Gasteiger partial charge on any atom is 0.351 e. The number of hydrogen-bond acceptors (Lipinski definition) is 7. The zero-order chi connectivity index (χ0) is 19.4. The third-order valence-corrected chi connectivity index (χ3v) is 3.78. The Morgan fingerprint density at radius 1 is 1.26 bits per heavy atom. The fraction of sp³-hybridized carbons (Fsp3) is 0.176. The molecule has 2 aromatic carbocycles. The van der Waals surface area contributed by atoms with Crippen LogP contribution in [0.4, 0.5) is 11.4 Å². The van der Waals surface area contributed by atoms with E-state index < -0.39 is 29.5 Å². The molecule has 1 amide bonds. The van der Waals surface area contributed by atoms with Crippen LogP contribution in [0.2, 0.25) is 5.02 Å². The van der Waals surface area contributed by atoms with E-state index in [4.69, 9.17) is 25.8 Å². The van der Waals surface area contributed by atoms with Gasteiger partial charge in [-0.3, -0.25) is 14.9 Å². The normalized spacial score (nSPS) is 14.9. The number of rotatable bonds is 5. The van der Waals surface area contributed by atoms with Crippen LogP contribution in [0.1, 0.15) is 0 Å². The Labute approximate surface area is 157 Å². The Balaban J connectivity index is 1.56. The second kappa shape index (κ2) is 7.92. The first-order valence-electron chi connectivity index (χ1n) is 7.73. The number of benzene rings is 2. The summed E-state index contributed by atoms with van der Waals surface area (Å²) in [5.41, 5.74) is -0.431. The molecular formula is C17H13ClN2O7. The molecule has 140 valence electrons. The summed E-state index contributed by atoms with van der Waals surface area (Å²) in [6.45, 7) is -0.694. The number of carbonyl (C=O) groups is 2. The number of nitrogens with one attached hydrogen (secondary N) is 1. The molecule has 0 aromatic heterocycles. The van der Waals surface area contributed by atoms with Gasteiger partial charge in [0.25, 0.3) is 11.6 Å². The molecule has 3 rings (SSSR count). The van der Waals surface area contributed by atoms with Crippen molar-refractivity contribution in [1.29, 1.82) is 0 Å². The van der Waals surface area contributed by atoms with Gasteiger partial charge in [-0.2, -0.15) is 0 Å². The molecule has 2 aromatic rings. The molecule has 27 heavy (non-hydrogen) atoms. The number of amides is 1. The zero-order valence-corrected chi connectivity index (χ0v) is 14.5. The van der Waals surface area contributed by atoms with Crippen LogP contribution >= 0.6 is 11.6 Å². The van der Waals surface area contributed by atoms with Crippen molar-refractivity contribution in [3.63, 3.8) is 0 Å². The maximum absolute atomic E-state index is 12.1. The fourth-order valence-corrected chi connectivity index (χ4v) is 2.48. The number of fused-ring (bicyclic) bond motifs is 1. The highest BCUT2D eigenvalue weighted by Crippen LogP contribution is 2.31. The number of esters is 1. The van der Waals surface area contributed by atoms with Crippen LogP contribution in [0.25, 0.3) is 0 Å². The largest absolute Gasteiger partial charge is 0.485 e. The van der Waals surface area contributed by atoms with Crippen LogP contribution in [-0.2, 0) is 14.3 Å². The lowest BCUT2D eigenvalue weighted by molar-refractivity contribution is -0.383. The van der Waals surface area contributed by atoms with E-state index in [9.17, 15) is 19.7 Å². The van der Waals surface area contributed by atoms with Crippen molar-refractivity contribution in [1.82, 2.24) is 0 Å². The molecule has 0 saturated carbocycles. The van der Waals surface area contributed by atoms with Gasteiger partial charge >= 0.3 is 5.97 Å². The number of carbonyl (C=O) groups excluding carboxylic acids is 2. The Bertz CT molecular complexity index is 903. The number of nitro groups is 1. The fourth-order valence-electron chi connectivity index (χ4n) is 2.31. The monoisotopic (exact) mass is 392 g/mol. The van der Waals surface area contributed by atoms with Crippen LogP contribution in [0, 0.1) is 10.1 Å². The minimum atomic E-state index is -1.02. The lowest BCUT2D eigenvalue weighted by atomic mass is 10.2. The number of anilines is 1. The second-order valence-corrected chi connectivity index (χ2v) is 5.88. The first-order valence-corrected chi connectivity index (χ1v) is 8.11. The number of nitro benzene ring substituents is 1. The molecule has 1 aliphatic rings. The highest BCUT2D eigenvalue weighted by atomic mass is 35.5. The Morgan fingerprint density at radius 2 is 2.00 bits per heavy atom. The van der Waals surface area contributed by atoms with E-state index in [0.29, 0.717) is 11.5 Å². The van der Waals surface area contributed by atoms with Gasteiger partial charge < -0.3 is 19.5 Å². The van der Waals surface area contributed by atoms with E-state index in [2.05, 4.69) is 5.32 Å². The topological polar surface area (TPSA) is 117 Å². The number of ether oxygens (including phenoxy) is 3. The van der Waals surface area contributed by atoms with E-state index in [-0.39, 0.29) is 23.0 Å². The van der Waals surface area contributed by atoms with Gasteiger partial charge in [0, 0.05) is 11.1 Å². The predicted octanol–water partition coefficient (Wildman–Crippen LogP) is 2.57. The third-order valence-electron chi connectivity index (χ3n) is 3.55. The van der Waals surface area contributed by atoms with Crippen molar-refractivity contribution in [2.24, 2.45) is 0 Å². The molecule has 0 saturated heterocycles. The first kappa shape index (κ1) is 18.5. The van der Waals surface area contributed by atoms with Crippen molar-refractivity contribution in [3.8, 4) is 11.5 Å². The van der Waals surface area contributed by atoms with E-state index in [1.165, 1.54) is 12.1 Å². The molecule has 9 nitrogen and oxygen atoms in total. The van der Waals surface area contributed by atoms with Crippen LogP contribution in [0.15, 0.2) is 42.5 Å². The number of hydrogen-bond donors (Lipinski definition) is 1. The standard InChI is InChI=1S/C17H13ClN2O7/c18-10-5-6-11(12(7-10)20(23)24)19-16(21)9-26-17(22)15-8-25-13-3-1-2-4-14(13)27-15/h1-7,15H,8-9H2,(H,19,21)/t15-/m1/s1. The van der Waals surface area contributed by atoms with Crippen molar-refractivity contribution >= 4 is 34.9 Å². The summed E-state index contributed by atoms with van der Waals surface area (Å²) in [5, 5.41) is 13.5. The molecule has 0 radical (unpaired) electrons. The van der Waals surface area contributed by atoms with Crippen LogP contribution in [-0.4, -0.2) is 36.1 Å². The molecule has 1 heterocycles. The Kier molecular flexibility index (Phi) is 5.41. The smallest absolute Gasteiger partial charge is 0.351 e. The van der Waals surface area contributed by atoms with Crippen molar-refractivity contribution in [2.45, 2.75) is 6.10 Å². The average Bonchev–Trinajstić information content (AvgIpc) is 2.67. The summed E-state index contributed by atoms with van der Waals surface area (Å²) in [5.74, 6) is -0.627. The summed E-state index contributed by atoms with van der Waals surface area (Å²) < 4.78 is 15.8. The highest BCUT2D eigenvalue weighted by Gasteiger charge is 2.29. The summed E-state index contributed by atoms with van der Waals surface area (Å²) in [6.07, 6.45) is -1.02. The molecule has 0 unspecified atom stereocenters. The second-order valence-electron chi connectivity index (χ2n) is 5.44. The van der Waals surface area contributed by atoms with Gasteiger partial charge in [-0.15, -0.1) is 0 Å². The Morgan fingerprint density at radius 3 is 2.74 bits per heavy atom. The summed E-state index contributed by atoms with van der Waals surface area (Å²) in [6, 6.07) is 10.6. The van der Waals surface area contributed by atoms with Gasteiger partial charge in [-0.1, -0.05) is 23.7 Å². The van der Waals surface area contributed by atoms with Crippen LogP contribution < -0.4 is 14.8 Å². The number of halogens is 1. The van der Waals surface area contributed by atoms with E-state index >= 15 is 0 Å². The van der Waals surface area contributed by atoms with E-state index in [1.54, 1.807) is 24.3 Å². The lowest BCUT2D eigenvalue weighted by Crippen LogP contribution is -2.39. The van der Waals surface area contributed by atoms with Gasteiger partial charge in [-0.05, 0) is 24.3 Å². The van der Waals surface area contributed by atoms with Crippen molar-refractivity contribution in [3.05, 3.63) is 57.6 Å². The third kappa shape index (κ3) is 4.45. The molecule has 10 heteroatoms. The summed E-state index contributed by atoms with van der Waals surface area (Å²) in [7, 11) is 0. The predicted molar refractivity (Wildman–Crippen MR) is 94.0 cm³/mol. The van der Waals surface area contributed by atoms with Gasteiger partial charge in [0.05, 0.1) is 4.92 Å². The molecule has 1 atom stereocenters. The van der Waals surface area contributed by atoms with Crippen molar-refractivity contribution in [2.75, 3.05) is 18.5 Å². The molecule has 0 fully saturated rings. The minimum absolute atomic E-state index is 0.0554. The molecule has 0 bridgehead atoms. The molecule has 1 N–H and O–H groups in total. The molecule has 0 spiro atoms. The van der Waals surface area contributed by atoms with Gasteiger partial charge in [0.1, 0.15) is 12.3 Å². The quantitative estimate of drug-likeness (QED) is 0.472. The van der Waals surface area contributed by atoms with E-state index in [0.717, 1.165) is 6.07 Å². The summed E-state index contributed by atoms with van der Waals surface area (Å²) >= 11 is 5.71. The molecular weight excluding hydrogens is 380 g/mol. The van der Waals surface area contributed by atoms with Crippen molar-refractivity contribution < 1.29 is 28.7 Å². The van der Waals surface area contributed by atoms with Gasteiger partial charge in [0.2, 0.25) is 6.10 Å². The van der Waals surface area contributed by atoms with Gasteiger partial charge in [0.15, 0.2) is 18.1 Å². The van der Waals surface area contributed by atoms with E-state index in [1.807, 2.05) is 0 Å². The molecule has 1 aliphatic heterocycles. The zero-order valence-electron chi connectivity index (χ0n) is 13.7. The Hall–Kier alpha value is -3.33. The highest BCUT2D eigenvalue weighted by molar-refractivity contribution is 6.31. The number of nitrogens with zero attached hydrogens (tertiary/aromatic N) is 1. The number of para-hydroxylation sites is 2. The minimum Gasteiger partial charge on any atom is -0.485 e. The van der Waals surface area contributed by atoms with Crippen LogP contribution in [0.3, 0.4) is 0 Å². The van der Waals surface area contributed by atoms with Gasteiger partial charge in [-0.25, -0.2) is 4.79 Å². The van der Waals surface area contributed by atoms with Crippen LogP contribution in [0.5, 0.6) is 11.5 Å². The molecule has 0 aliphatic carbocycles. The lowest BCUT2D eigenvalue weighted by Gasteiger charge is -2.24. The SMILES string of the molecule is O=C(COC(=O)[C@H]1COc2ccccc2O1)Nc1ccc(Cl)cc1[N+](=O)[O-]. The first-order chi connectivity index (χ1) is 12.9.